The zero-order valence-corrected chi connectivity index (χ0v) is 13.8. The van der Waals surface area contributed by atoms with Crippen LogP contribution in [-0.4, -0.2) is 33.5 Å². The average molecular weight is 307 g/mol. The molecule has 0 aliphatic carbocycles. The fourth-order valence-electron chi connectivity index (χ4n) is 1.91. The van der Waals surface area contributed by atoms with Gasteiger partial charge in [-0.15, -0.1) is 0 Å². The summed E-state index contributed by atoms with van der Waals surface area (Å²) in [7, 11) is 3.26. The molecule has 0 radical (unpaired) electrons. The monoisotopic (exact) mass is 307 g/mol. The van der Waals surface area contributed by atoms with Crippen LogP contribution in [0.4, 0.5) is 0 Å². The highest BCUT2D eigenvalue weighted by molar-refractivity contribution is 5.45. The van der Waals surface area contributed by atoms with Crippen LogP contribution >= 0.6 is 0 Å². The fraction of sp³-hybridized carbons (Fsp3) is 0.588. The second-order valence-electron chi connectivity index (χ2n) is 5.27. The van der Waals surface area contributed by atoms with E-state index in [4.69, 9.17) is 24.2 Å². The van der Waals surface area contributed by atoms with Crippen molar-refractivity contribution in [3.05, 3.63) is 18.2 Å². The SMILES string of the molecule is COCCCOc1cc(O[C@@H](CC#N)C(C)C)ccc1OC. The highest BCUT2D eigenvalue weighted by atomic mass is 16.5. The van der Waals surface area contributed by atoms with E-state index < -0.39 is 0 Å². The van der Waals surface area contributed by atoms with Crippen molar-refractivity contribution in [3.63, 3.8) is 0 Å². The molecule has 0 aliphatic rings. The maximum Gasteiger partial charge on any atom is 0.164 e. The van der Waals surface area contributed by atoms with E-state index in [0.29, 0.717) is 36.9 Å². The first-order valence-electron chi connectivity index (χ1n) is 7.45. The maximum absolute atomic E-state index is 8.88. The lowest BCUT2D eigenvalue weighted by molar-refractivity contribution is 0.154. The van der Waals surface area contributed by atoms with Crippen molar-refractivity contribution < 1.29 is 18.9 Å². The molecular weight excluding hydrogens is 282 g/mol. The Morgan fingerprint density at radius 3 is 2.50 bits per heavy atom. The van der Waals surface area contributed by atoms with Crippen LogP contribution in [0.2, 0.25) is 0 Å². The Kier molecular flexibility index (Phi) is 8.16. The van der Waals surface area contributed by atoms with Crippen molar-refractivity contribution in [2.24, 2.45) is 5.92 Å². The largest absolute Gasteiger partial charge is 0.493 e. The lowest BCUT2D eigenvalue weighted by Crippen LogP contribution is -2.22. The third-order valence-corrected chi connectivity index (χ3v) is 3.21. The van der Waals surface area contributed by atoms with Crippen LogP contribution in [0.5, 0.6) is 17.2 Å². The minimum absolute atomic E-state index is 0.139. The molecule has 0 unspecified atom stereocenters. The Morgan fingerprint density at radius 2 is 1.91 bits per heavy atom. The molecule has 0 saturated heterocycles. The van der Waals surface area contributed by atoms with Crippen molar-refractivity contribution in [2.75, 3.05) is 27.4 Å². The summed E-state index contributed by atoms with van der Waals surface area (Å²) < 4.78 is 21.9. The molecular formula is C17H25NO4. The van der Waals surface area contributed by atoms with Gasteiger partial charge in [0.15, 0.2) is 11.5 Å². The number of benzene rings is 1. The number of hydrogen-bond acceptors (Lipinski definition) is 5. The van der Waals surface area contributed by atoms with Gasteiger partial charge in [0, 0.05) is 26.2 Å². The Bertz CT molecular complexity index is 482. The molecule has 0 bridgehead atoms. The van der Waals surface area contributed by atoms with Gasteiger partial charge < -0.3 is 18.9 Å². The molecule has 0 spiro atoms. The predicted octanol–water partition coefficient (Wildman–Crippen LogP) is 3.43. The number of hydrogen-bond donors (Lipinski definition) is 0. The first-order chi connectivity index (χ1) is 10.6. The highest BCUT2D eigenvalue weighted by Gasteiger charge is 2.16. The van der Waals surface area contributed by atoms with E-state index in [1.807, 2.05) is 26.0 Å². The molecule has 0 amide bonds. The molecule has 122 valence electrons. The van der Waals surface area contributed by atoms with E-state index in [1.165, 1.54) is 0 Å². The zero-order chi connectivity index (χ0) is 16.4. The van der Waals surface area contributed by atoms with Crippen LogP contribution < -0.4 is 14.2 Å². The van der Waals surface area contributed by atoms with Crippen molar-refractivity contribution in [1.82, 2.24) is 0 Å². The van der Waals surface area contributed by atoms with Crippen LogP contribution in [0.1, 0.15) is 26.7 Å². The molecule has 0 aliphatic heterocycles. The quantitative estimate of drug-likeness (QED) is 0.620. The number of nitriles is 1. The standard InChI is InChI=1S/C17H25NO4/c1-13(2)15(8-9-18)22-14-6-7-16(20-4)17(12-14)21-11-5-10-19-3/h6-7,12-13,15H,5,8,10-11H2,1-4H3/t15-/m0/s1. The van der Waals surface area contributed by atoms with Gasteiger partial charge in [-0.05, 0) is 18.1 Å². The van der Waals surface area contributed by atoms with Gasteiger partial charge in [0.1, 0.15) is 11.9 Å². The lowest BCUT2D eigenvalue weighted by Gasteiger charge is -2.21. The average Bonchev–Trinajstić information content (AvgIpc) is 2.51. The Morgan fingerprint density at radius 1 is 1.14 bits per heavy atom. The summed E-state index contributed by atoms with van der Waals surface area (Å²) in [6.07, 6.45) is 1.02. The molecule has 0 saturated carbocycles. The predicted molar refractivity (Wildman–Crippen MR) is 84.5 cm³/mol. The molecule has 1 aromatic rings. The second-order valence-corrected chi connectivity index (χ2v) is 5.27. The summed E-state index contributed by atoms with van der Waals surface area (Å²) in [6.45, 7) is 5.26. The van der Waals surface area contributed by atoms with Gasteiger partial charge in [0.2, 0.25) is 0 Å². The molecule has 22 heavy (non-hydrogen) atoms. The van der Waals surface area contributed by atoms with E-state index in [1.54, 1.807) is 20.3 Å². The molecule has 5 heteroatoms. The minimum atomic E-state index is -0.139. The number of nitrogens with zero attached hydrogens (tertiary/aromatic N) is 1. The van der Waals surface area contributed by atoms with Crippen molar-refractivity contribution >= 4 is 0 Å². The Balaban J connectivity index is 2.77. The van der Waals surface area contributed by atoms with Gasteiger partial charge >= 0.3 is 0 Å². The molecule has 1 atom stereocenters. The van der Waals surface area contributed by atoms with E-state index in [-0.39, 0.29) is 12.0 Å². The summed E-state index contributed by atoms with van der Waals surface area (Å²) >= 11 is 0. The summed E-state index contributed by atoms with van der Waals surface area (Å²) in [4.78, 5) is 0. The Labute approximate surface area is 132 Å². The fourth-order valence-corrected chi connectivity index (χ4v) is 1.91. The van der Waals surface area contributed by atoms with Crippen LogP contribution in [0.15, 0.2) is 18.2 Å². The van der Waals surface area contributed by atoms with Crippen molar-refractivity contribution in [2.45, 2.75) is 32.8 Å². The van der Waals surface area contributed by atoms with Crippen LogP contribution in [-0.2, 0) is 4.74 Å². The molecule has 0 aromatic heterocycles. The first-order valence-corrected chi connectivity index (χ1v) is 7.45. The molecule has 0 N–H and O–H groups in total. The summed E-state index contributed by atoms with van der Waals surface area (Å²) in [5.41, 5.74) is 0. The smallest absolute Gasteiger partial charge is 0.164 e. The van der Waals surface area contributed by atoms with Gasteiger partial charge in [-0.1, -0.05) is 13.8 Å². The van der Waals surface area contributed by atoms with Gasteiger partial charge in [-0.3, -0.25) is 0 Å². The van der Waals surface area contributed by atoms with Gasteiger partial charge in [-0.2, -0.15) is 5.26 Å². The van der Waals surface area contributed by atoms with Crippen molar-refractivity contribution in [3.8, 4) is 23.3 Å². The molecule has 1 aromatic carbocycles. The normalized spacial score (nSPS) is 11.8. The number of ether oxygens (including phenoxy) is 4. The number of rotatable bonds is 10. The maximum atomic E-state index is 8.88. The van der Waals surface area contributed by atoms with E-state index >= 15 is 0 Å². The van der Waals surface area contributed by atoms with Crippen molar-refractivity contribution in [1.29, 1.82) is 5.26 Å². The third kappa shape index (κ3) is 5.82. The van der Waals surface area contributed by atoms with E-state index in [2.05, 4.69) is 6.07 Å². The second kappa shape index (κ2) is 9.91. The van der Waals surface area contributed by atoms with Gasteiger partial charge in [-0.25, -0.2) is 0 Å². The van der Waals surface area contributed by atoms with E-state index in [9.17, 15) is 0 Å². The van der Waals surface area contributed by atoms with E-state index in [0.717, 1.165) is 6.42 Å². The zero-order valence-electron chi connectivity index (χ0n) is 13.8. The molecule has 5 nitrogen and oxygen atoms in total. The molecule has 0 fully saturated rings. The first kappa shape index (κ1) is 18.1. The van der Waals surface area contributed by atoms with Crippen LogP contribution in [0.25, 0.3) is 0 Å². The Hall–Kier alpha value is -1.93. The third-order valence-electron chi connectivity index (χ3n) is 3.21. The molecule has 1 rings (SSSR count). The summed E-state index contributed by atoms with van der Waals surface area (Å²) in [6, 6.07) is 7.60. The van der Waals surface area contributed by atoms with Crippen LogP contribution in [0.3, 0.4) is 0 Å². The minimum Gasteiger partial charge on any atom is -0.493 e. The summed E-state index contributed by atoms with van der Waals surface area (Å²) in [5, 5.41) is 8.88. The van der Waals surface area contributed by atoms with Gasteiger partial charge in [0.25, 0.3) is 0 Å². The lowest BCUT2D eigenvalue weighted by atomic mass is 10.0. The van der Waals surface area contributed by atoms with Crippen LogP contribution in [0, 0.1) is 17.2 Å². The molecule has 0 heterocycles. The highest BCUT2D eigenvalue weighted by Crippen LogP contribution is 2.32. The summed E-state index contributed by atoms with van der Waals surface area (Å²) in [5.74, 6) is 2.23. The topological polar surface area (TPSA) is 60.7 Å². The van der Waals surface area contributed by atoms with Gasteiger partial charge in [0.05, 0.1) is 26.2 Å². The number of methoxy groups -OCH3 is 2.